The Labute approximate surface area is 101 Å². The fourth-order valence-corrected chi connectivity index (χ4v) is 1.28. The second kappa shape index (κ2) is 4.92. The summed E-state index contributed by atoms with van der Waals surface area (Å²) in [5.41, 5.74) is -2.26. The average Bonchev–Trinajstić information content (AvgIpc) is 2.12. The number of alkyl halides is 5. The molecule has 1 aromatic rings. The highest BCUT2D eigenvalue weighted by Crippen LogP contribution is 2.37. The van der Waals surface area contributed by atoms with Gasteiger partial charge in [0.2, 0.25) is 0 Å². The number of hydrogen-bond donors (Lipinski definition) is 1. The van der Waals surface area contributed by atoms with Gasteiger partial charge in [0.05, 0.1) is 5.56 Å². The number of aromatic nitrogens is 1. The predicted molar refractivity (Wildman–Crippen MR) is 47.8 cm³/mol. The van der Waals surface area contributed by atoms with Crippen molar-refractivity contribution in [1.29, 1.82) is 0 Å². The molecular formula is C8H3ClF5NO3. The molecule has 1 N–H and O–H groups in total. The first-order valence-electron chi connectivity index (χ1n) is 4.09. The zero-order valence-corrected chi connectivity index (χ0v) is 8.89. The highest BCUT2D eigenvalue weighted by atomic mass is 35.5. The molecule has 0 aliphatic carbocycles. The van der Waals surface area contributed by atoms with Gasteiger partial charge in [0.25, 0.3) is 6.43 Å². The number of hydrogen-bond acceptors (Lipinski definition) is 3. The third-order valence-electron chi connectivity index (χ3n) is 1.64. The van der Waals surface area contributed by atoms with E-state index in [-0.39, 0.29) is 6.07 Å². The van der Waals surface area contributed by atoms with E-state index in [1.807, 2.05) is 0 Å². The monoisotopic (exact) mass is 291 g/mol. The number of halogens is 6. The molecule has 1 rings (SSSR count). The van der Waals surface area contributed by atoms with Crippen LogP contribution in [-0.2, 0) is 0 Å². The molecule has 1 heterocycles. The molecule has 100 valence electrons. The van der Waals surface area contributed by atoms with Gasteiger partial charge in [-0.1, -0.05) is 11.6 Å². The normalized spacial score (nSPS) is 11.7. The Morgan fingerprint density at radius 2 is 2.00 bits per heavy atom. The molecule has 18 heavy (non-hydrogen) atoms. The number of carbonyl (C=O) groups is 1. The lowest BCUT2D eigenvalue weighted by atomic mass is 10.2. The van der Waals surface area contributed by atoms with E-state index in [1.54, 1.807) is 0 Å². The van der Waals surface area contributed by atoms with Crippen LogP contribution in [0.1, 0.15) is 22.5 Å². The molecule has 0 saturated heterocycles. The lowest BCUT2D eigenvalue weighted by Gasteiger charge is -2.14. The first-order chi connectivity index (χ1) is 8.11. The van der Waals surface area contributed by atoms with Crippen LogP contribution in [-0.4, -0.2) is 22.4 Å². The Kier molecular flexibility index (Phi) is 3.95. The Morgan fingerprint density at radius 1 is 1.44 bits per heavy atom. The number of carboxylic acid groups (broad SMARTS) is 1. The van der Waals surface area contributed by atoms with Gasteiger partial charge in [0, 0.05) is 6.07 Å². The summed E-state index contributed by atoms with van der Waals surface area (Å²) in [6.07, 6.45) is -8.66. The Balaban J connectivity index is 3.38. The SMILES string of the molecule is O=C(O)c1cc(OC(F)(F)F)c(C(F)F)c(Cl)n1. The van der Waals surface area contributed by atoms with Crippen molar-refractivity contribution in [1.82, 2.24) is 4.98 Å². The maximum absolute atomic E-state index is 12.5. The van der Waals surface area contributed by atoms with Gasteiger partial charge in [-0.05, 0) is 0 Å². The van der Waals surface area contributed by atoms with Crippen LogP contribution >= 0.6 is 11.6 Å². The minimum atomic E-state index is -5.26. The van der Waals surface area contributed by atoms with Crippen molar-refractivity contribution in [2.45, 2.75) is 12.8 Å². The molecule has 0 bridgehead atoms. The second-order valence-electron chi connectivity index (χ2n) is 2.86. The molecule has 0 atom stereocenters. The molecule has 0 spiro atoms. The lowest BCUT2D eigenvalue weighted by molar-refractivity contribution is -0.275. The van der Waals surface area contributed by atoms with E-state index < -0.39 is 40.9 Å². The fourth-order valence-electron chi connectivity index (χ4n) is 1.02. The summed E-state index contributed by atoms with van der Waals surface area (Å²) in [5, 5.41) is 7.45. The highest BCUT2D eigenvalue weighted by molar-refractivity contribution is 6.30. The Morgan fingerprint density at radius 3 is 2.39 bits per heavy atom. The first-order valence-corrected chi connectivity index (χ1v) is 4.47. The van der Waals surface area contributed by atoms with Gasteiger partial charge in [-0.25, -0.2) is 18.6 Å². The summed E-state index contributed by atoms with van der Waals surface area (Å²) in [4.78, 5) is 13.5. The Hall–Kier alpha value is -1.64. The molecule has 10 heteroatoms. The van der Waals surface area contributed by atoms with E-state index >= 15 is 0 Å². The number of aromatic carboxylic acids is 1. The van der Waals surface area contributed by atoms with Crippen LogP contribution in [0, 0.1) is 0 Å². The maximum Gasteiger partial charge on any atom is 0.573 e. The molecule has 0 aliphatic rings. The minimum Gasteiger partial charge on any atom is -0.477 e. The number of carboxylic acids is 1. The van der Waals surface area contributed by atoms with E-state index in [4.69, 9.17) is 16.7 Å². The third-order valence-corrected chi connectivity index (χ3v) is 1.93. The topological polar surface area (TPSA) is 59.4 Å². The van der Waals surface area contributed by atoms with Gasteiger partial charge in [-0.2, -0.15) is 0 Å². The zero-order chi connectivity index (χ0) is 14.1. The predicted octanol–water partition coefficient (Wildman–Crippen LogP) is 3.27. The summed E-state index contributed by atoms with van der Waals surface area (Å²) in [7, 11) is 0. The van der Waals surface area contributed by atoms with Gasteiger partial charge in [-0.3, -0.25) is 0 Å². The molecule has 0 fully saturated rings. The molecule has 0 unspecified atom stereocenters. The number of nitrogens with zero attached hydrogens (tertiary/aromatic N) is 1. The van der Waals surface area contributed by atoms with Crippen LogP contribution in [0.15, 0.2) is 6.07 Å². The van der Waals surface area contributed by atoms with Crippen LogP contribution in [0.3, 0.4) is 0 Å². The highest BCUT2D eigenvalue weighted by Gasteiger charge is 2.35. The largest absolute Gasteiger partial charge is 0.573 e. The summed E-state index contributed by atoms with van der Waals surface area (Å²) in [6.45, 7) is 0. The van der Waals surface area contributed by atoms with Gasteiger partial charge >= 0.3 is 12.3 Å². The fraction of sp³-hybridized carbons (Fsp3) is 0.250. The molecular weight excluding hydrogens is 289 g/mol. The molecule has 0 aliphatic heterocycles. The van der Waals surface area contributed by atoms with Gasteiger partial charge in [0.1, 0.15) is 10.9 Å². The quantitative estimate of drug-likeness (QED) is 0.686. The van der Waals surface area contributed by atoms with Crippen molar-refractivity contribution < 1.29 is 36.6 Å². The van der Waals surface area contributed by atoms with Crippen LogP contribution in [0.4, 0.5) is 22.0 Å². The van der Waals surface area contributed by atoms with Crippen molar-refractivity contribution in [2.24, 2.45) is 0 Å². The van der Waals surface area contributed by atoms with Gasteiger partial charge in [0.15, 0.2) is 5.69 Å². The van der Waals surface area contributed by atoms with Crippen molar-refractivity contribution in [3.05, 3.63) is 22.5 Å². The van der Waals surface area contributed by atoms with E-state index in [9.17, 15) is 26.7 Å². The van der Waals surface area contributed by atoms with Crippen LogP contribution in [0.2, 0.25) is 5.15 Å². The second-order valence-corrected chi connectivity index (χ2v) is 3.22. The molecule has 0 radical (unpaired) electrons. The Bertz CT molecular complexity index is 477. The van der Waals surface area contributed by atoms with E-state index in [0.29, 0.717) is 0 Å². The molecule has 0 aromatic carbocycles. The van der Waals surface area contributed by atoms with Crippen molar-refractivity contribution >= 4 is 17.6 Å². The van der Waals surface area contributed by atoms with E-state index in [1.165, 1.54) is 0 Å². The summed E-state index contributed by atoms with van der Waals surface area (Å²) < 4.78 is 64.2. The van der Waals surface area contributed by atoms with Crippen molar-refractivity contribution in [3.63, 3.8) is 0 Å². The minimum absolute atomic E-state index is 0.225. The number of ether oxygens (including phenoxy) is 1. The standard InChI is InChI=1S/C8H3ClF5NO3/c9-5-4(6(10)11)3(18-8(12,13)14)1-2(15-5)7(16)17/h1,6H,(H,16,17). The molecule has 4 nitrogen and oxygen atoms in total. The molecule has 0 amide bonds. The van der Waals surface area contributed by atoms with Crippen molar-refractivity contribution in [3.8, 4) is 5.75 Å². The summed E-state index contributed by atoms with van der Waals surface area (Å²) in [6, 6.07) is 0.225. The van der Waals surface area contributed by atoms with Crippen LogP contribution in [0.25, 0.3) is 0 Å². The van der Waals surface area contributed by atoms with E-state index in [2.05, 4.69) is 9.72 Å². The third kappa shape index (κ3) is 3.42. The molecule has 1 aromatic heterocycles. The number of rotatable bonds is 3. The first kappa shape index (κ1) is 14.4. The van der Waals surface area contributed by atoms with Crippen LogP contribution in [0.5, 0.6) is 5.75 Å². The lowest BCUT2D eigenvalue weighted by Crippen LogP contribution is -2.19. The molecule has 0 saturated carbocycles. The van der Waals surface area contributed by atoms with Crippen LogP contribution < -0.4 is 4.74 Å². The van der Waals surface area contributed by atoms with E-state index in [0.717, 1.165) is 0 Å². The van der Waals surface area contributed by atoms with Crippen molar-refractivity contribution in [2.75, 3.05) is 0 Å². The zero-order valence-electron chi connectivity index (χ0n) is 8.13. The van der Waals surface area contributed by atoms with Gasteiger partial charge in [-0.15, -0.1) is 13.2 Å². The van der Waals surface area contributed by atoms with Gasteiger partial charge < -0.3 is 9.84 Å². The summed E-state index contributed by atoms with van der Waals surface area (Å²) >= 11 is 5.20. The summed E-state index contributed by atoms with van der Waals surface area (Å²) in [5.74, 6) is -3.13. The maximum atomic E-state index is 12.5. The smallest absolute Gasteiger partial charge is 0.477 e. The average molecular weight is 292 g/mol. The number of pyridine rings is 1.